The number of hydrogen-bond donors (Lipinski definition) is 2. The van der Waals surface area contributed by atoms with Gasteiger partial charge in [-0.1, -0.05) is 23.2 Å². The van der Waals surface area contributed by atoms with Crippen LogP contribution in [0.2, 0.25) is 0 Å². The van der Waals surface area contributed by atoms with Crippen LogP contribution >= 0.6 is 39.1 Å². The molecule has 2 N–H and O–H groups in total. The van der Waals surface area contributed by atoms with Crippen LogP contribution in [0.15, 0.2) is 40.9 Å². The topological polar surface area (TPSA) is 50.4 Å². The van der Waals surface area contributed by atoms with Crippen molar-refractivity contribution in [2.24, 2.45) is 0 Å². The first-order valence-electron chi connectivity index (χ1n) is 8.01. The Kier molecular flexibility index (Phi) is 7.78. The van der Waals surface area contributed by atoms with E-state index in [0.29, 0.717) is 12.1 Å². The number of carbonyl (C=O) groups excluding carboxylic acids is 1. The first-order valence-corrected chi connectivity index (χ1v) is 9.67. The molecule has 0 aliphatic carbocycles. The third-order valence-electron chi connectivity index (χ3n) is 3.53. The van der Waals surface area contributed by atoms with Gasteiger partial charge in [0.15, 0.2) is 0 Å². The summed E-state index contributed by atoms with van der Waals surface area (Å²) in [6.07, 6.45) is -14.2. The first kappa shape index (κ1) is 26.3. The summed E-state index contributed by atoms with van der Waals surface area (Å²) in [6.45, 7) is 0. The molecule has 176 valence electrons. The fourth-order valence-electron chi connectivity index (χ4n) is 2.17. The number of ether oxygens (including phenoxy) is 1. The van der Waals surface area contributed by atoms with Gasteiger partial charge in [0.05, 0.1) is 15.6 Å². The molecular weight excluding hydrogens is 567 g/mol. The molecule has 0 saturated carbocycles. The van der Waals surface area contributed by atoms with E-state index in [4.69, 9.17) is 23.2 Å². The molecule has 0 spiro atoms. The van der Waals surface area contributed by atoms with Gasteiger partial charge in [0.1, 0.15) is 5.75 Å². The van der Waals surface area contributed by atoms with Crippen molar-refractivity contribution >= 4 is 56.5 Å². The molecule has 2 rings (SSSR count). The Morgan fingerprint density at radius 2 is 1.34 bits per heavy atom. The zero-order valence-electron chi connectivity index (χ0n) is 15.0. The highest BCUT2D eigenvalue weighted by atomic mass is 79.9. The monoisotopic (exact) mass is 574 g/mol. The fourth-order valence-corrected chi connectivity index (χ4v) is 2.59. The average molecular weight is 576 g/mol. The van der Waals surface area contributed by atoms with E-state index in [1.165, 1.54) is 12.1 Å². The van der Waals surface area contributed by atoms with Crippen LogP contribution in [-0.2, 0) is 12.4 Å². The van der Waals surface area contributed by atoms with Gasteiger partial charge in [-0.25, -0.2) is 4.79 Å². The molecule has 2 amide bonds. The second-order valence-electron chi connectivity index (χ2n) is 5.98. The number of anilines is 2. The first-order chi connectivity index (χ1) is 14.5. The molecule has 2 aromatic carbocycles. The van der Waals surface area contributed by atoms with Crippen molar-refractivity contribution in [2.45, 2.75) is 23.3 Å². The number of urea groups is 1. The van der Waals surface area contributed by atoms with Crippen molar-refractivity contribution in [1.82, 2.24) is 0 Å². The van der Waals surface area contributed by atoms with Gasteiger partial charge in [0, 0.05) is 17.4 Å². The Balaban J connectivity index is 2.25. The van der Waals surface area contributed by atoms with Crippen molar-refractivity contribution in [3.8, 4) is 5.75 Å². The van der Waals surface area contributed by atoms with Crippen molar-refractivity contribution < 1.29 is 44.7 Å². The second kappa shape index (κ2) is 9.48. The molecule has 0 aromatic heterocycles. The Labute approximate surface area is 192 Å². The van der Waals surface area contributed by atoms with E-state index in [-0.39, 0.29) is 16.2 Å². The predicted molar refractivity (Wildman–Crippen MR) is 104 cm³/mol. The molecule has 32 heavy (non-hydrogen) atoms. The third kappa shape index (κ3) is 7.01. The number of halogens is 11. The molecule has 15 heteroatoms. The van der Waals surface area contributed by atoms with E-state index >= 15 is 0 Å². The van der Waals surface area contributed by atoms with Gasteiger partial charge >= 0.3 is 24.5 Å². The normalized spacial score (nSPS) is 12.6. The number of benzene rings is 2. The highest BCUT2D eigenvalue weighted by molar-refractivity contribution is 9.10. The lowest BCUT2D eigenvalue weighted by Gasteiger charge is -2.20. The molecule has 0 aliphatic heterocycles. The maximum absolute atomic E-state index is 13.6. The van der Waals surface area contributed by atoms with Crippen molar-refractivity contribution in [2.75, 3.05) is 10.6 Å². The Morgan fingerprint density at radius 3 is 1.81 bits per heavy atom. The number of hydrogen-bond acceptors (Lipinski definition) is 2. The SMILES string of the molecule is O=C(Nc1cc(C(F)(F)F)cc(C(F)(F)F)c1)Nc1ccc(Br)c(OC(F)(F)C(Cl)Cl)c1. The van der Waals surface area contributed by atoms with E-state index in [0.717, 1.165) is 6.07 Å². The van der Waals surface area contributed by atoms with E-state index in [9.17, 15) is 39.9 Å². The average Bonchev–Trinajstić information content (AvgIpc) is 2.62. The van der Waals surface area contributed by atoms with E-state index in [1.807, 2.05) is 5.32 Å². The summed E-state index contributed by atoms with van der Waals surface area (Å²) in [7, 11) is 0. The van der Waals surface area contributed by atoms with Crippen LogP contribution in [0.5, 0.6) is 5.75 Å². The minimum Gasteiger partial charge on any atom is -0.429 e. The standard InChI is InChI=1S/C17H9BrCl2F8N2O2/c18-11-2-1-9(6-12(11)32-17(27,28)13(19)20)29-14(31)30-10-4-7(15(21,22)23)3-8(5-10)16(24,25)26/h1-6,13H,(H2,29,30,31). The molecule has 0 fully saturated rings. The number of carbonyl (C=O) groups is 1. The quantitative estimate of drug-likeness (QED) is 0.281. The smallest absolute Gasteiger partial charge is 0.428 e. The zero-order valence-corrected chi connectivity index (χ0v) is 18.1. The number of nitrogens with one attached hydrogen (secondary N) is 2. The van der Waals surface area contributed by atoms with Crippen LogP contribution in [-0.4, -0.2) is 17.0 Å². The summed E-state index contributed by atoms with van der Waals surface area (Å²) in [4.78, 5) is 9.83. The fraction of sp³-hybridized carbons (Fsp3) is 0.235. The molecule has 2 aromatic rings. The maximum Gasteiger partial charge on any atom is 0.428 e. The number of rotatable bonds is 5. The van der Waals surface area contributed by atoms with Gasteiger partial charge in [-0.3, -0.25) is 0 Å². The van der Waals surface area contributed by atoms with Crippen molar-refractivity contribution in [1.29, 1.82) is 0 Å². The predicted octanol–water partition coefficient (Wildman–Crippen LogP) is 7.91. The summed E-state index contributed by atoms with van der Waals surface area (Å²) in [5, 5.41) is 3.89. The molecule has 0 heterocycles. The Bertz CT molecular complexity index is 967. The summed E-state index contributed by atoms with van der Waals surface area (Å²) >= 11 is 13.1. The molecule has 0 unspecified atom stereocenters. The third-order valence-corrected chi connectivity index (χ3v) is 4.70. The van der Waals surface area contributed by atoms with E-state index < -0.39 is 51.9 Å². The van der Waals surface area contributed by atoms with Gasteiger partial charge < -0.3 is 15.4 Å². The molecule has 0 aliphatic rings. The van der Waals surface area contributed by atoms with Crippen LogP contribution in [0.4, 0.5) is 51.3 Å². The van der Waals surface area contributed by atoms with Crippen molar-refractivity contribution in [3.63, 3.8) is 0 Å². The largest absolute Gasteiger partial charge is 0.429 e. The minimum atomic E-state index is -5.11. The Hall–Kier alpha value is -1.99. The summed E-state index contributed by atoms with van der Waals surface area (Å²) < 4.78 is 109. The summed E-state index contributed by atoms with van der Waals surface area (Å²) in [5.41, 5.74) is -4.28. The van der Waals surface area contributed by atoms with Gasteiger partial charge in [-0.15, -0.1) is 0 Å². The molecule has 0 bridgehead atoms. The van der Waals surface area contributed by atoms with Gasteiger partial charge in [-0.2, -0.15) is 35.1 Å². The van der Waals surface area contributed by atoms with Crippen LogP contribution in [0.25, 0.3) is 0 Å². The van der Waals surface area contributed by atoms with E-state index in [1.54, 1.807) is 0 Å². The van der Waals surface area contributed by atoms with Crippen LogP contribution < -0.4 is 15.4 Å². The minimum absolute atomic E-state index is 0.00446. The van der Waals surface area contributed by atoms with E-state index in [2.05, 4.69) is 26.0 Å². The highest BCUT2D eigenvalue weighted by Gasteiger charge is 2.41. The number of alkyl halides is 10. The van der Waals surface area contributed by atoms with Crippen LogP contribution in [0.3, 0.4) is 0 Å². The highest BCUT2D eigenvalue weighted by Crippen LogP contribution is 2.38. The van der Waals surface area contributed by atoms with Gasteiger partial charge in [0.2, 0.25) is 4.84 Å². The zero-order chi connectivity index (χ0) is 24.5. The lowest BCUT2D eigenvalue weighted by Crippen LogP contribution is -2.32. The molecular formula is C17H9BrCl2F8N2O2. The van der Waals surface area contributed by atoms with Crippen molar-refractivity contribution in [3.05, 3.63) is 52.0 Å². The molecule has 0 radical (unpaired) electrons. The van der Waals surface area contributed by atoms with Crippen LogP contribution in [0.1, 0.15) is 11.1 Å². The maximum atomic E-state index is 13.6. The van der Waals surface area contributed by atoms with Gasteiger partial charge in [0.25, 0.3) is 0 Å². The molecule has 4 nitrogen and oxygen atoms in total. The Morgan fingerprint density at radius 1 is 0.844 bits per heavy atom. The number of amides is 2. The molecule has 0 atom stereocenters. The second-order valence-corrected chi connectivity index (χ2v) is 7.93. The lowest BCUT2D eigenvalue weighted by atomic mass is 10.1. The lowest BCUT2D eigenvalue weighted by molar-refractivity contribution is -0.164. The van der Waals surface area contributed by atoms with Crippen LogP contribution in [0, 0.1) is 0 Å². The summed E-state index contributed by atoms with van der Waals surface area (Å²) in [6, 6.07) is 2.47. The van der Waals surface area contributed by atoms with Gasteiger partial charge in [-0.05, 0) is 46.3 Å². The summed E-state index contributed by atoms with van der Waals surface area (Å²) in [5.74, 6) is -0.516. The molecule has 0 saturated heterocycles.